The Morgan fingerprint density at radius 2 is 1.62 bits per heavy atom. The van der Waals surface area contributed by atoms with E-state index in [1.165, 1.54) is 4.90 Å². The van der Waals surface area contributed by atoms with Crippen molar-refractivity contribution in [1.29, 1.82) is 0 Å². The molecule has 2 aromatic rings. The van der Waals surface area contributed by atoms with Gasteiger partial charge in [0.25, 0.3) is 5.91 Å². The number of nitrogens with two attached hydrogens (primary N) is 1. The van der Waals surface area contributed by atoms with Gasteiger partial charge < -0.3 is 20.9 Å². The number of carbonyl (C=O) groups excluding carboxylic acids is 3. The first-order chi connectivity index (χ1) is 12.6. The predicted octanol–water partition coefficient (Wildman–Crippen LogP) is 0.468. The third-order valence-corrected chi connectivity index (χ3v) is 4.21. The number of nitrogens with one attached hydrogen (secondary N) is 1. The van der Waals surface area contributed by atoms with E-state index in [0.717, 1.165) is 5.69 Å². The molecule has 3 amide bonds. The van der Waals surface area contributed by atoms with Gasteiger partial charge in [-0.15, -0.1) is 0 Å². The number of benzene rings is 1. The number of hydrogen-bond acceptors (Lipinski definition) is 5. The highest BCUT2D eigenvalue weighted by molar-refractivity contribution is 6.34. The van der Waals surface area contributed by atoms with Crippen LogP contribution in [0.3, 0.4) is 0 Å². The first-order valence-electron chi connectivity index (χ1n) is 8.20. The Bertz CT molecular complexity index is 817. The van der Waals surface area contributed by atoms with Gasteiger partial charge in [-0.25, -0.2) is 0 Å². The van der Waals surface area contributed by atoms with Crippen molar-refractivity contribution in [1.82, 2.24) is 9.88 Å². The highest BCUT2D eigenvalue weighted by Crippen LogP contribution is 2.23. The van der Waals surface area contributed by atoms with E-state index in [9.17, 15) is 14.4 Å². The molecule has 0 radical (unpaired) electrons. The summed E-state index contributed by atoms with van der Waals surface area (Å²) in [6.07, 6.45) is 3.22. The average molecular weight is 353 g/mol. The molecule has 3 N–H and O–H groups in total. The zero-order valence-corrected chi connectivity index (χ0v) is 14.1. The van der Waals surface area contributed by atoms with Gasteiger partial charge in [0, 0.05) is 49.9 Å². The molecule has 1 aromatic heterocycles. The lowest BCUT2D eigenvalue weighted by molar-refractivity contribution is -0.144. The van der Waals surface area contributed by atoms with Crippen molar-refractivity contribution in [3.05, 3.63) is 54.4 Å². The molecule has 1 fully saturated rings. The van der Waals surface area contributed by atoms with Crippen LogP contribution in [0.4, 0.5) is 11.4 Å². The number of piperazine rings is 1. The van der Waals surface area contributed by atoms with Crippen LogP contribution >= 0.6 is 0 Å². The van der Waals surface area contributed by atoms with Crippen LogP contribution in [0.15, 0.2) is 48.8 Å². The largest absolute Gasteiger partial charge is 0.367 e. The fourth-order valence-corrected chi connectivity index (χ4v) is 2.88. The van der Waals surface area contributed by atoms with Crippen LogP contribution in [-0.4, -0.2) is 53.8 Å². The zero-order valence-electron chi connectivity index (χ0n) is 14.1. The summed E-state index contributed by atoms with van der Waals surface area (Å²) in [5.74, 6) is -1.84. The van der Waals surface area contributed by atoms with Gasteiger partial charge >= 0.3 is 11.8 Å². The quantitative estimate of drug-likeness (QED) is 0.780. The minimum absolute atomic E-state index is 0.220. The number of pyridine rings is 1. The molecule has 3 rings (SSSR count). The molecular weight excluding hydrogens is 334 g/mol. The van der Waals surface area contributed by atoms with Crippen LogP contribution in [0.25, 0.3) is 0 Å². The summed E-state index contributed by atoms with van der Waals surface area (Å²) in [7, 11) is 0. The lowest BCUT2D eigenvalue weighted by Gasteiger charge is -2.36. The SMILES string of the molecule is NC(=O)C(=O)N1CCN(c2ccccc2C(=O)Nc2ccncc2)CC1. The van der Waals surface area contributed by atoms with Crippen LogP contribution in [0.5, 0.6) is 0 Å². The summed E-state index contributed by atoms with van der Waals surface area (Å²) >= 11 is 0. The number of amides is 3. The standard InChI is InChI=1S/C18H19N5O3/c19-16(24)18(26)23-11-9-22(10-12-23)15-4-2-1-3-14(15)17(25)21-13-5-7-20-8-6-13/h1-8H,9-12H2,(H2,19,24)(H,20,21,25). The third-order valence-electron chi connectivity index (χ3n) is 4.21. The Kier molecular flexibility index (Phi) is 5.12. The predicted molar refractivity (Wildman–Crippen MR) is 96.6 cm³/mol. The molecule has 134 valence electrons. The van der Waals surface area contributed by atoms with E-state index in [1.807, 2.05) is 17.0 Å². The van der Waals surface area contributed by atoms with Crippen LogP contribution < -0.4 is 16.0 Å². The van der Waals surface area contributed by atoms with Crippen molar-refractivity contribution >= 4 is 29.1 Å². The summed E-state index contributed by atoms with van der Waals surface area (Å²) in [6.45, 7) is 1.78. The summed E-state index contributed by atoms with van der Waals surface area (Å²) in [4.78, 5) is 42.7. The van der Waals surface area contributed by atoms with Crippen molar-refractivity contribution in [3.8, 4) is 0 Å². The Morgan fingerprint density at radius 1 is 0.962 bits per heavy atom. The van der Waals surface area contributed by atoms with Gasteiger partial charge in [0.15, 0.2) is 0 Å². The number of anilines is 2. The van der Waals surface area contributed by atoms with E-state index < -0.39 is 11.8 Å². The van der Waals surface area contributed by atoms with Crippen LogP contribution in [-0.2, 0) is 9.59 Å². The summed E-state index contributed by atoms with van der Waals surface area (Å²) in [5, 5.41) is 2.85. The van der Waals surface area contributed by atoms with Crippen molar-refractivity contribution in [3.63, 3.8) is 0 Å². The lowest BCUT2D eigenvalue weighted by atomic mass is 10.1. The molecule has 26 heavy (non-hydrogen) atoms. The van der Waals surface area contributed by atoms with Gasteiger partial charge in [0.05, 0.1) is 5.56 Å². The smallest absolute Gasteiger partial charge is 0.311 e. The highest BCUT2D eigenvalue weighted by atomic mass is 16.2. The summed E-state index contributed by atoms with van der Waals surface area (Å²) < 4.78 is 0. The third kappa shape index (κ3) is 3.80. The normalized spacial score (nSPS) is 14.0. The maximum absolute atomic E-state index is 12.7. The minimum Gasteiger partial charge on any atom is -0.367 e. The van der Waals surface area contributed by atoms with Crippen LogP contribution in [0.1, 0.15) is 10.4 Å². The summed E-state index contributed by atoms with van der Waals surface area (Å²) in [6, 6.07) is 10.7. The first-order valence-corrected chi connectivity index (χ1v) is 8.20. The average Bonchev–Trinajstić information content (AvgIpc) is 2.68. The van der Waals surface area contributed by atoms with E-state index in [2.05, 4.69) is 10.3 Å². The molecule has 8 nitrogen and oxygen atoms in total. The maximum Gasteiger partial charge on any atom is 0.311 e. The summed E-state index contributed by atoms with van der Waals surface area (Å²) in [5.41, 5.74) is 7.04. The Labute approximate surface area is 150 Å². The first kappa shape index (κ1) is 17.4. The number of rotatable bonds is 3. The maximum atomic E-state index is 12.7. The molecule has 1 aliphatic rings. The van der Waals surface area contributed by atoms with Gasteiger partial charge in [0.1, 0.15) is 0 Å². The van der Waals surface area contributed by atoms with Gasteiger partial charge in [-0.2, -0.15) is 0 Å². The van der Waals surface area contributed by atoms with Crippen molar-refractivity contribution < 1.29 is 14.4 Å². The number of carbonyl (C=O) groups is 3. The van der Waals surface area contributed by atoms with Crippen molar-refractivity contribution in [2.24, 2.45) is 5.73 Å². The van der Waals surface area contributed by atoms with Gasteiger partial charge in [-0.1, -0.05) is 12.1 Å². The fraction of sp³-hybridized carbons (Fsp3) is 0.222. The van der Waals surface area contributed by atoms with E-state index in [0.29, 0.717) is 37.4 Å². The van der Waals surface area contributed by atoms with E-state index >= 15 is 0 Å². The second-order valence-corrected chi connectivity index (χ2v) is 5.85. The molecule has 0 atom stereocenters. The molecule has 2 heterocycles. The molecule has 0 unspecified atom stereocenters. The minimum atomic E-state index is -0.949. The molecule has 0 spiro atoms. The molecule has 1 aromatic carbocycles. The van der Waals surface area contributed by atoms with Gasteiger partial charge in [-0.05, 0) is 24.3 Å². The molecule has 1 aliphatic heterocycles. The van der Waals surface area contributed by atoms with Gasteiger partial charge in [0.2, 0.25) is 0 Å². The van der Waals surface area contributed by atoms with Crippen LogP contribution in [0, 0.1) is 0 Å². The van der Waals surface area contributed by atoms with Crippen molar-refractivity contribution in [2.45, 2.75) is 0 Å². The van der Waals surface area contributed by atoms with Crippen molar-refractivity contribution in [2.75, 3.05) is 36.4 Å². The Hall–Kier alpha value is -3.42. The van der Waals surface area contributed by atoms with E-state index in [4.69, 9.17) is 5.73 Å². The number of nitrogens with zero attached hydrogens (tertiary/aromatic N) is 3. The van der Waals surface area contributed by atoms with Gasteiger partial charge in [-0.3, -0.25) is 19.4 Å². The molecule has 0 saturated carbocycles. The monoisotopic (exact) mass is 353 g/mol. The highest BCUT2D eigenvalue weighted by Gasteiger charge is 2.26. The number of para-hydroxylation sites is 1. The Morgan fingerprint density at radius 3 is 2.27 bits per heavy atom. The molecule has 8 heteroatoms. The van der Waals surface area contributed by atoms with E-state index in [1.54, 1.807) is 36.7 Å². The van der Waals surface area contributed by atoms with Crippen LogP contribution in [0.2, 0.25) is 0 Å². The Balaban J connectivity index is 1.73. The van der Waals surface area contributed by atoms with E-state index in [-0.39, 0.29) is 5.91 Å². The lowest BCUT2D eigenvalue weighted by Crippen LogP contribution is -2.52. The second-order valence-electron chi connectivity index (χ2n) is 5.85. The zero-order chi connectivity index (χ0) is 18.5. The molecular formula is C18H19N5O3. The number of aromatic nitrogens is 1. The molecule has 0 aliphatic carbocycles. The number of hydrogen-bond donors (Lipinski definition) is 2. The topological polar surface area (TPSA) is 109 Å². The second kappa shape index (κ2) is 7.64. The molecule has 1 saturated heterocycles. The number of primary amides is 1. The molecule has 0 bridgehead atoms. The fourth-order valence-electron chi connectivity index (χ4n) is 2.88.